The molecular formula is C29H30F2N6O. The number of hydrogen-bond acceptors (Lipinski definition) is 6. The Morgan fingerprint density at radius 3 is 2.55 bits per heavy atom. The Hall–Kier alpha value is -4.11. The van der Waals surface area contributed by atoms with E-state index in [1.54, 1.807) is 6.07 Å². The van der Waals surface area contributed by atoms with Crippen LogP contribution in [0.25, 0.3) is 33.7 Å². The van der Waals surface area contributed by atoms with Crippen LogP contribution < -0.4 is 21.5 Å². The number of aryl methyl sites for hydroxylation is 1. The van der Waals surface area contributed by atoms with Gasteiger partial charge in [-0.25, -0.2) is 13.8 Å². The number of benzene rings is 2. The lowest BCUT2D eigenvalue weighted by Crippen LogP contribution is -2.23. The molecule has 4 aromatic rings. The molecule has 2 aromatic carbocycles. The highest BCUT2D eigenvalue weighted by atomic mass is 19.1. The number of anilines is 1. The Morgan fingerprint density at radius 1 is 1.08 bits per heavy atom. The minimum absolute atomic E-state index is 0.106. The van der Waals surface area contributed by atoms with E-state index in [2.05, 4.69) is 27.5 Å². The van der Waals surface area contributed by atoms with Crippen molar-refractivity contribution in [2.75, 3.05) is 32.0 Å². The first-order valence-electron chi connectivity index (χ1n) is 12.7. The Balaban J connectivity index is 1.72. The van der Waals surface area contributed by atoms with Gasteiger partial charge in [-0.3, -0.25) is 9.36 Å². The molecule has 38 heavy (non-hydrogen) atoms. The number of para-hydroxylation sites is 1. The van der Waals surface area contributed by atoms with Crippen molar-refractivity contribution in [1.29, 1.82) is 0 Å². The van der Waals surface area contributed by atoms with Crippen molar-refractivity contribution in [3.63, 3.8) is 0 Å². The predicted molar refractivity (Wildman–Crippen MR) is 147 cm³/mol. The lowest BCUT2D eigenvalue weighted by Gasteiger charge is -2.17. The molecule has 0 amide bonds. The lowest BCUT2D eigenvalue weighted by atomic mass is 9.98. The van der Waals surface area contributed by atoms with Crippen molar-refractivity contribution < 1.29 is 8.78 Å². The van der Waals surface area contributed by atoms with Crippen LogP contribution in [0.5, 0.6) is 0 Å². The van der Waals surface area contributed by atoms with E-state index in [9.17, 15) is 13.6 Å². The molecule has 1 saturated carbocycles. The van der Waals surface area contributed by atoms with E-state index < -0.39 is 22.9 Å². The summed E-state index contributed by atoms with van der Waals surface area (Å²) in [6, 6.07) is 12.4. The summed E-state index contributed by atoms with van der Waals surface area (Å²) in [6.45, 7) is 8.21. The molecule has 0 saturated heterocycles. The molecule has 1 aliphatic rings. The van der Waals surface area contributed by atoms with Gasteiger partial charge in [-0.1, -0.05) is 24.8 Å². The fourth-order valence-corrected chi connectivity index (χ4v) is 4.37. The topological polar surface area (TPSA) is 83.9 Å². The summed E-state index contributed by atoms with van der Waals surface area (Å²) in [4.78, 5) is 22.4. The van der Waals surface area contributed by atoms with Crippen molar-refractivity contribution >= 4 is 22.7 Å². The molecule has 0 atom stereocenters. The van der Waals surface area contributed by atoms with Gasteiger partial charge in [-0.2, -0.15) is 4.98 Å². The van der Waals surface area contributed by atoms with Gasteiger partial charge < -0.3 is 16.0 Å². The number of hydrogen-bond donors (Lipinski definition) is 3. The molecule has 0 spiro atoms. The van der Waals surface area contributed by atoms with Crippen molar-refractivity contribution in [2.24, 2.45) is 5.92 Å². The monoisotopic (exact) mass is 516 g/mol. The maximum Gasteiger partial charge on any atom is 0.256 e. The Morgan fingerprint density at radius 2 is 1.84 bits per heavy atom. The molecular weight excluding hydrogens is 486 g/mol. The summed E-state index contributed by atoms with van der Waals surface area (Å²) in [6.07, 6.45) is 2.47. The van der Waals surface area contributed by atoms with Crippen LogP contribution in [-0.2, 0) is 0 Å². The van der Waals surface area contributed by atoms with Crippen LogP contribution in [0.3, 0.4) is 0 Å². The van der Waals surface area contributed by atoms with E-state index in [0.717, 1.165) is 45.6 Å². The second-order valence-corrected chi connectivity index (χ2v) is 9.57. The lowest BCUT2D eigenvalue weighted by molar-refractivity contribution is 0.568. The van der Waals surface area contributed by atoms with E-state index in [4.69, 9.17) is 4.98 Å². The van der Waals surface area contributed by atoms with Gasteiger partial charge in [0, 0.05) is 42.3 Å². The molecule has 1 aliphatic carbocycles. The molecule has 0 aliphatic heterocycles. The van der Waals surface area contributed by atoms with E-state index in [1.807, 2.05) is 32.2 Å². The Bertz CT molecular complexity index is 1560. The molecule has 1 fully saturated rings. The van der Waals surface area contributed by atoms with E-state index >= 15 is 0 Å². The highest BCUT2D eigenvalue weighted by Gasteiger charge is 2.22. The van der Waals surface area contributed by atoms with Crippen LogP contribution >= 0.6 is 0 Å². The minimum atomic E-state index is -0.860. The summed E-state index contributed by atoms with van der Waals surface area (Å²) >= 11 is 0. The third kappa shape index (κ3) is 5.15. The summed E-state index contributed by atoms with van der Waals surface area (Å²) in [7, 11) is 1.83. The second kappa shape index (κ2) is 10.7. The summed E-state index contributed by atoms with van der Waals surface area (Å²) in [5, 5.41) is 10.1. The van der Waals surface area contributed by atoms with Crippen LogP contribution in [0.2, 0.25) is 0 Å². The van der Waals surface area contributed by atoms with E-state index in [0.29, 0.717) is 30.1 Å². The zero-order valence-electron chi connectivity index (χ0n) is 21.4. The molecule has 2 heterocycles. The molecule has 2 aromatic heterocycles. The predicted octanol–water partition coefficient (Wildman–Crippen LogP) is 4.64. The van der Waals surface area contributed by atoms with Gasteiger partial charge in [-0.15, -0.1) is 0 Å². The first kappa shape index (κ1) is 25.5. The van der Waals surface area contributed by atoms with Crippen molar-refractivity contribution in [3.8, 4) is 16.9 Å². The third-order valence-corrected chi connectivity index (χ3v) is 6.71. The number of nitrogens with zero attached hydrogens (tertiary/aromatic N) is 3. The number of pyridine rings is 1. The maximum absolute atomic E-state index is 14.9. The molecule has 7 nitrogen and oxygen atoms in total. The molecule has 0 unspecified atom stereocenters. The van der Waals surface area contributed by atoms with E-state index in [-0.39, 0.29) is 11.6 Å². The maximum atomic E-state index is 14.9. The van der Waals surface area contributed by atoms with Gasteiger partial charge >= 0.3 is 0 Å². The quantitative estimate of drug-likeness (QED) is 0.267. The molecule has 196 valence electrons. The van der Waals surface area contributed by atoms with Crippen molar-refractivity contribution in [3.05, 3.63) is 88.2 Å². The molecule has 5 rings (SSSR count). The smallest absolute Gasteiger partial charge is 0.256 e. The van der Waals surface area contributed by atoms with Crippen LogP contribution in [0.15, 0.2) is 59.9 Å². The summed E-state index contributed by atoms with van der Waals surface area (Å²) in [5.41, 5.74) is 3.05. The summed E-state index contributed by atoms with van der Waals surface area (Å²) < 4.78 is 30.7. The van der Waals surface area contributed by atoms with Crippen LogP contribution in [-0.4, -0.2) is 41.2 Å². The first-order valence-corrected chi connectivity index (χ1v) is 12.7. The average Bonchev–Trinajstić information content (AvgIpc) is 3.73. The van der Waals surface area contributed by atoms with Crippen molar-refractivity contribution in [2.45, 2.75) is 19.8 Å². The van der Waals surface area contributed by atoms with Gasteiger partial charge in [0.15, 0.2) is 5.65 Å². The third-order valence-electron chi connectivity index (χ3n) is 6.71. The highest BCUT2D eigenvalue weighted by Crippen LogP contribution is 2.33. The normalized spacial score (nSPS) is 13.1. The van der Waals surface area contributed by atoms with Gasteiger partial charge in [0.25, 0.3) is 5.56 Å². The SMILES string of the molecule is C=C(NCC1CC1)c1ccc(C)c(-c2nc(NCCNC)nc3c2ccc(=O)n3-c2c(F)cccc2F)c1. The highest BCUT2D eigenvalue weighted by molar-refractivity contribution is 5.93. The fourth-order valence-electron chi connectivity index (χ4n) is 4.37. The van der Waals surface area contributed by atoms with Gasteiger partial charge in [0.2, 0.25) is 5.95 Å². The van der Waals surface area contributed by atoms with Gasteiger partial charge in [-0.05, 0) is 68.1 Å². The molecule has 3 N–H and O–H groups in total. The second-order valence-electron chi connectivity index (χ2n) is 9.57. The van der Waals surface area contributed by atoms with Crippen LogP contribution in [0, 0.1) is 24.5 Å². The fraction of sp³-hybridized carbons (Fsp3) is 0.276. The zero-order chi connectivity index (χ0) is 26.8. The number of likely N-dealkylation sites (N-methyl/N-ethyl adjacent to an activating group) is 1. The first-order chi connectivity index (χ1) is 18.4. The van der Waals surface area contributed by atoms with E-state index in [1.165, 1.54) is 25.0 Å². The number of halogens is 2. The number of aromatic nitrogens is 3. The number of fused-ring (bicyclic) bond motifs is 1. The summed E-state index contributed by atoms with van der Waals surface area (Å²) in [5.74, 6) is -0.778. The Kier molecular flexibility index (Phi) is 7.20. The standard InChI is InChI=1S/C29H30F2N6O/c1-17-7-10-20(18(2)34-16-19-8-9-19)15-22(17)26-21-11-12-25(38)37(27-23(30)5-4-6-24(27)31)28(21)36-29(35-26)33-14-13-32-3/h4-7,10-12,15,19,32,34H,2,8-9,13-14,16H2,1,3H3,(H,33,35,36). The van der Waals surface area contributed by atoms with Gasteiger partial charge in [0.1, 0.15) is 17.3 Å². The molecule has 9 heteroatoms. The molecule has 0 radical (unpaired) electrons. The van der Waals surface area contributed by atoms with Crippen molar-refractivity contribution in [1.82, 2.24) is 25.2 Å². The average molecular weight is 517 g/mol. The molecule has 0 bridgehead atoms. The largest absolute Gasteiger partial charge is 0.385 e. The van der Waals surface area contributed by atoms with Crippen LogP contribution in [0.1, 0.15) is 24.0 Å². The minimum Gasteiger partial charge on any atom is -0.385 e. The van der Waals surface area contributed by atoms with Crippen LogP contribution in [0.4, 0.5) is 14.7 Å². The number of rotatable bonds is 10. The Labute approximate surface area is 219 Å². The zero-order valence-corrected chi connectivity index (χ0v) is 21.4. The van der Waals surface area contributed by atoms with Gasteiger partial charge in [0.05, 0.1) is 5.69 Å². The number of nitrogens with one attached hydrogen (secondary N) is 3.